The highest BCUT2D eigenvalue weighted by Crippen LogP contribution is 2.31. The third kappa shape index (κ3) is 2.98. The van der Waals surface area contributed by atoms with Crippen LogP contribution in [0.5, 0.6) is 0 Å². The first-order valence-electron chi connectivity index (χ1n) is 6.64. The van der Waals surface area contributed by atoms with Gasteiger partial charge in [0.25, 0.3) is 0 Å². The van der Waals surface area contributed by atoms with Gasteiger partial charge in [-0.25, -0.2) is 0 Å². The molecule has 1 aromatic rings. The Hall–Kier alpha value is -0.520. The van der Waals surface area contributed by atoms with E-state index in [0.717, 1.165) is 41.2 Å². The predicted molar refractivity (Wildman–Crippen MR) is 83.9 cm³/mol. The standard InChI is InChI=1S/C14H17BrN2OS/c15-11-1-2-13-10(7-11)3-5-17(13)14(18)8-12-9-19-6-4-16-12/h1-2,7,12,16H,3-6,8-9H2. The van der Waals surface area contributed by atoms with Crippen molar-refractivity contribution >= 4 is 39.3 Å². The van der Waals surface area contributed by atoms with Crippen LogP contribution in [0.3, 0.4) is 0 Å². The van der Waals surface area contributed by atoms with E-state index < -0.39 is 0 Å². The zero-order valence-corrected chi connectivity index (χ0v) is 13.1. The van der Waals surface area contributed by atoms with Gasteiger partial charge < -0.3 is 10.2 Å². The molecule has 1 unspecified atom stereocenters. The fourth-order valence-corrected chi connectivity index (χ4v) is 4.06. The summed E-state index contributed by atoms with van der Waals surface area (Å²) in [6.07, 6.45) is 1.58. The molecule has 5 heteroatoms. The number of carbonyl (C=O) groups excluding carboxylic acids is 1. The molecule has 1 N–H and O–H groups in total. The molecule has 3 nitrogen and oxygen atoms in total. The van der Waals surface area contributed by atoms with Crippen LogP contribution in [-0.2, 0) is 11.2 Å². The van der Waals surface area contributed by atoms with Crippen LogP contribution in [-0.4, -0.2) is 36.5 Å². The molecular formula is C14H17BrN2OS. The average molecular weight is 341 g/mol. The summed E-state index contributed by atoms with van der Waals surface area (Å²) in [5.74, 6) is 2.46. The molecule has 3 rings (SSSR count). The molecule has 1 saturated heterocycles. The van der Waals surface area contributed by atoms with Gasteiger partial charge in [-0.1, -0.05) is 15.9 Å². The van der Waals surface area contributed by atoms with Crippen molar-refractivity contribution in [3.05, 3.63) is 28.2 Å². The Morgan fingerprint density at radius 3 is 3.21 bits per heavy atom. The van der Waals surface area contributed by atoms with Crippen molar-refractivity contribution in [2.45, 2.75) is 18.9 Å². The summed E-state index contributed by atoms with van der Waals surface area (Å²) in [6, 6.07) is 6.52. The lowest BCUT2D eigenvalue weighted by molar-refractivity contribution is -0.118. The molecule has 0 spiro atoms. The van der Waals surface area contributed by atoms with E-state index in [1.54, 1.807) is 0 Å². The quantitative estimate of drug-likeness (QED) is 0.897. The molecule has 102 valence electrons. The van der Waals surface area contributed by atoms with Gasteiger partial charge in [-0.3, -0.25) is 4.79 Å². The van der Waals surface area contributed by atoms with E-state index in [2.05, 4.69) is 27.3 Å². The minimum atomic E-state index is 0.251. The van der Waals surface area contributed by atoms with Crippen molar-refractivity contribution < 1.29 is 4.79 Å². The maximum atomic E-state index is 12.4. The van der Waals surface area contributed by atoms with E-state index in [-0.39, 0.29) is 5.91 Å². The molecule has 2 heterocycles. The maximum Gasteiger partial charge on any atom is 0.228 e. The normalized spacial score (nSPS) is 22.4. The number of nitrogens with zero attached hydrogens (tertiary/aromatic N) is 1. The van der Waals surface area contributed by atoms with E-state index in [1.165, 1.54) is 5.56 Å². The van der Waals surface area contributed by atoms with Gasteiger partial charge in [0, 0.05) is 47.2 Å². The summed E-state index contributed by atoms with van der Waals surface area (Å²) in [5.41, 5.74) is 2.37. The monoisotopic (exact) mass is 340 g/mol. The number of rotatable bonds is 2. The smallest absolute Gasteiger partial charge is 0.228 e. The first-order valence-corrected chi connectivity index (χ1v) is 8.59. The van der Waals surface area contributed by atoms with E-state index in [0.29, 0.717) is 12.5 Å². The summed E-state index contributed by atoms with van der Waals surface area (Å²) >= 11 is 5.42. The van der Waals surface area contributed by atoms with Crippen LogP contribution in [0.4, 0.5) is 5.69 Å². The Morgan fingerprint density at radius 1 is 1.53 bits per heavy atom. The Labute approximate surface area is 126 Å². The number of halogens is 1. The fraction of sp³-hybridized carbons (Fsp3) is 0.500. The molecule has 0 aromatic heterocycles. The average Bonchev–Trinajstić information content (AvgIpc) is 2.82. The van der Waals surface area contributed by atoms with Gasteiger partial charge >= 0.3 is 0 Å². The third-order valence-electron chi connectivity index (χ3n) is 3.66. The fourth-order valence-electron chi connectivity index (χ4n) is 2.70. The van der Waals surface area contributed by atoms with E-state index in [1.807, 2.05) is 28.8 Å². The molecular weight excluding hydrogens is 324 g/mol. The van der Waals surface area contributed by atoms with Crippen LogP contribution in [0.1, 0.15) is 12.0 Å². The number of carbonyl (C=O) groups is 1. The summed E-state index contributed by atoms with van der Waals surface area (Å²) in [7, 11) is 0. The lowest BCUT2D eigenvalue weighted by atomic mass is 10.1. The van der Waals surface area contributed by atoms with Crippen LogP contribution < -0.4 is 10.2 Å². The van der Waals surface area contributed by atoms with Crippen LogP contribution in [0.2, 0.25) is 0 Å². The molecule has 0 radical (unpaired) electrons. The Balaban J connectivity index is 1.69. The highest BCUT2D eigenvalue weighted by Gasteiger charge is 2.27. The first kappa shape index (κ1) is 13.5. The van der Waals surface area contributed by atoms with Gasteiger partial charge in [0.15, 0.2) is 0 Å². The van der Waals surface area contributed by atoms with Crippen molar-refractivity contribution in [3.63, 3.8) is 0 Å². The van der Waals surface area contributed by atoms with Crippen molar-refractivity contribution in [3.8, 4) is 0 Å². The van der Waals surface area contributed by atoms with Crippen molar-refractivity contribution in [1.29, 1.82) is 0 Å². The van der Waals surface area contributed by atoms with E-state index in [9.17, 15) is 4.79 Å². The third-order valence-corrected chi connectivity index (χ3v) is 5.28. The number of amides is 1. The van der Waals surface area contributed by atoms with E-state index in [4.69, 9.17) is 0 Å². The second kappa shape index (κ2) is 5.85. The molecule has 0 bridgehead atoms. The number of fused-ring (bicyclic) bond motifs is 1. The Kier molecular flexibility index (Phi) is 4.15. The predicted octanol–water partition coefficient (Wildman–Crippen LogP) is 2.43. The molecule has 1 atom stereocenters. The lowest BCUT2D eigenvalue weighted by Gasteiger charge is -2.25. The number of anilines is 1. The minimum Gasteiger partial charge on any atom is -0.312 e. The molecule has 0 aliphatic carbocycles. The Morgan fingerprint density at radius 2 is 2.42 bits per heavy atom. The molecule has 1 fully saturated rings. The van der Waals surface area contributed by atoms with Crippen molar-refractivity contribution in [2.75, 3.05) is 29.5 Å². The number of hydrogen-bond donors (Lipinski definition) is 1. The van der Waals surface area contributed by atoms with Crippen molar-refractivity contribution in [2.24, 2.45) is 0 Å². The molecule has 0 saturated carbocycles. The second-order valence-electron chi connectivity index (χ2n) is 5.00. The SMILES string of the molecule is O=C(CC1CSCCN1)N1CCc2cc(Br)ccc21. The summed E-state index contributed by atoms with van der Waals surface area (Å²) in [5, 5.41) is 3.43. The zero-order valence-electron chi connectivity index (χ0n) is 10.7. The minimum absolute atomic E-state index is 0.251. The largest absolute Gasteiger partial charge is 0.312 e. The molecule has 2 aliphatic rings. The van der Waals surface area contributed by atoms with Gasteiger partial charge in [-0.15, -0.1) is 0 Å². The highest BCUT2D eigenvalue weighted by atomic mass is 79.9. The maximum absolute atomic E-state index is 12.4. The van der Waals surface area contributed by atoms with E-state index >= 15 is 0 Å². The lowest BCUT2D eigenvalue weighted by Crippen LogP contribution is -2.42. The second-order valence-corrected chi connectivity index (χ2v) is 7.06. The van der Waals surface area contributed by atoms with Crippen LogP contribution in [0.25, 0.3) is 0 Å². The van der Waals surface area contributed by atoms with Crippen LogP contribution >= 0.6 is 27.7 Å². The van der Waals surface area contributed by atoms with Gasteiger partial charge in [-0.05, 0) is 30.2 Å². The van der Waals surface area contributed by atoms with Gasteiger partial charge in [0.2, 0.25) is 5.91 Å². The highest BCUT2D eigenvalue weighted by molar-refractivity contribution is 9.10. The Bertz CT molecular complexity index is 488. The summed E-state index contributed by atoms with van der Waals surface area (Å²) in [4.78, 5) is 14.4. The molecule has 1 aromatic carbocycles. The van der Waals surface area contributed by atoms with Gasteiger partial charge in [-0.2, -0.15) is 11.8 Å². The zero-order chi connectivity index (χ0) is 13.2. The molecule has 19 heavy (non-hydrogen) atoms. The number of thioether (sulfide) groups is 1. The van der Waals surface area contributed by atoms with Crippen LogP contribution in [0, 0.1) is 0 Å². The van der Waals surface area contributed by atoms with Crippen molar-refractivity contribution in [1.82, 2.24) is 5.32 Å². The van der Waals surface area contributed by atoms with Gasteiger partial charge in [0.05, 0.1) is 0 Å². The summed E-state index contributed by atoms with van der Waals surface area (Å²) < 4.78 is 1.09. The molecule has 1 amide bonds. The summed E-state index contributed by atoms with van der Waals surface area (Å²) in [6.45, 7) is 1.84. The first-order chi connectivity index (χ1) is 9.24. The topological polar surface area (TPSA) is 32.3 Å². The van der Waals surface area contributed by atoms with Gasteiger partial charge in [0.1, 0.15) is 0 Å². The number of benzene rings is 1. The van der Waals surface area contributed by atoms with Crippen LogP contribution in [0.15, 0.2) is 22.7 Å². The number of hydrogen-bond acceptors (Lipinski definition) is 3. The number of nitrogens with one attached hydrogen (secondary N) is 1. The molecule has 2 aliphatic heterocycles.